The lowest BCUT2D eigenvalue weighted by Crippen LogP contribution is -2.47. The van der Waals surface area contributed by atoms with Gasteiger partial charge in [-0.2, -0.15) is 4.37 Å². The highest BCUT2D eigenvalue weighted by molar-refractivity contribution is 7.10. The number of amides is 1. The van der Waals surface area contributed by atoms with Crippen molar-refractivity contribution in [3.8, 4) is 0 Å². The lowest BCUT2D eigenvalue weighted by Gasteiger charge is -2.34. The third-order valence-electron chi connectivity index (χ3n) is 5.04. The van der Waals surface area contributed by atoms with Crippen molar-refractivity contribution >= 4 is 22.4 Å². The minimum absolute atomic E-state index is 0.120. The maximum Gasteiger partial charge on any atom is 0.258 e. The molecule has 0 radical (unpaired) electrons. The van der Waals surface area contributed by atoms with Crippen LogP contribution in [0.3, 0.4) is 0 Å². The molecule has 2 atom stereocenters. The molecule has 3 rings (SSSR count). The van der Waals surface area contributed by atoms with Gasteiger partial charge in [0, 0.05) is 39.3 Å². The Bertz CT molecular complexity index is 556. The van der Waals surface area contributed by atoms with Crippen LogP contribution in [0.25, 0.3) is 0 Å². The Labute approximate surface area is 142 Å². The van der Waals surface area contributed by atoms with Crippen molar-refractivity contribution in [2.45, 2.75) is 26.3 Å². The predicted molar refractivity (Wildman–Crippen MR) is 92.3 cm³/mol. The maximum atomic E-state index is 13.0. The summed E-state index contributed by atoms with van der Waals surface area (Å²) in [7, 11) is 1.85. The average molecular weight is 338 g/mol. The third-order valence-corrected chi connectivity index (χ3v) is 5.99. The summed E-state index contributed by atoms with van der Waals surface area (Å²) in [4.78, 5) is 17.5. The van der Waals surface area contributed by atoms with Crippen LogP contribution in [0.2, 0.25) is 0 Å². The molecule has 1 aromatic rings. The van der Waals surface area contributed by atoms with Crippen molar-refractivity contribution in [2.75, 3.05) is 51.8 Å². The molecule has 2 unspecified atom stereocenters. The lowest BCUT2D eigenvalue weighted by molar-refractivity contribution is 0.0103. The van der Waals surface area contributed by atoms with E-state index in [0.717, 1.165) is 62.1 Å². The number of aromatic nitrogens is 1. The summed E-state index contributed by atoms with van der Waals surface area (Å²) in [6, 6.07) is 0.456. The van der Waals surface area contributed by atoms with Crippen LogP contribution >= 0.6 is 11.5 Å². The van der Waals surface area contributed by atoms with Gasteiger partial charge in [-0.15, -0.1) is 0 Å². The molecule has 3 heterocycles. The molecule has 23 heavy (non-hydrogen) atoms. The third kappa shape index (κ3) is 3.22. The Balaban J connectivity index is 1.76. The molecule has 2 fully saturated rings. The van der Waals surface area contributed by atoms with E-state index in [-0.39, 0.29) is 5.91 Å². The van der Waals surface area contributed by atoms with Gasteiger partial charge < -0.3 is 15.0 Å². The van der Waals surface area contributed by atoms with E-state index in [0.29, 0.717) is 12.0 Å². The number of nitrogens with zero attached hydrogens (tertiary/aromatic N) is 3. The van der Waals surface area contributed by atoms with Gasteiger partial charge in [-0.1, -0.05) is 13.3 Å². The first-order chi connectivity index (χ1) is 11.2. The van der Waals surface area contributed by atoms with Crippen molar-refractivity contribution in [3.63, 3.8) is 0 Å². The average Bonchev–Trinajstić information content (AvgIpc) is 3.18. The monoisotopic (exact) mass is 338 g/mol. The highest BCUT2D eigenvalue weighted by atomic mass is 32.1. The Morgan fingerprint density at radius 1 is 1.39 bits per heavy atom. The second-order valence-electron chi connectivity index (χ2n) is 6.32. The van der Waals surface area contributed by atoms with E-state index >= 15 is 0 Å². The van der Waals surface area contributed by atoms with Crippen molar-refractivity contribution in [1.82, 2.24) is 14.2 Å². The molecule has 7 heteroatoms. The minimum Gasteiger partial charge on any atom is -0.379 e. The Morgan fingerprint density at radius 3 is 2.78 bits per heavy atom. The first kappa shape index (κ1) is 16.7. The smallest absolute Gasteiger partial charge is 0.258 e. The maximum absolute atomic E-state index is 13.0. The zero-order valence-electron chi connectivity index (χ0n) is 14.2. The normalized spacial score (nSPS) is 25.8. The van der Waals surface area contributed by atoms with Gasteiger partial charge in [-0.05, 0) is 24.4 Å². The fraction of sp³-hybridized carbons (Fsp3) is 0.750. The van der Waals surface area contributed by atoms with Gasteiger partial charge >= 0.3 is 0 Å². The van der Waals surface area contributed by atoms with Crippen LogP contribution in [-0.4, -0.2) is 72.6 Å². The Hall–Kier alpha value is -1.18. The number of likely N-dealkylation sites (tertiary alicyclic amines) is 1. The SMILES string of the molecule is CCC1CN(C(=O)c2c(C)nsc2NC)CC1N1CCOCC1. The molecule has 2 aliphatic heterocycles. The van der Waals surface area contributed by atoms with E-state index in [1.165, 1.54) is 11.5 Å². The van der Waals surface area contributed by atoms with E-state index < -0.39 is 0 Å². The van der Waals surface area contributed by atoms with Crippen LogP contribution in [0, 0.1) is 12.8 Å². The zero-order chi connectivity index (χ0) is 16.4. The summed E-state index contributed by atoms with van der Waals surface area (Å²) in [6.07, 6.45) is 1.10. The van der Waals surface area contributed by atoms with Gasteiger partial charge in [0.1, 0.15) is 5.00 Å². The highest BCUT2D eigenvalue weighted by Crippen LogP contribution is 2.30. The van der Waals surface area contributed by atoms with Gasteiger partial charge in [0.15, 0.2) is 0 Å². The summed E-state index contributed by atoms with van der Waals surface area (Å²) < 4.78 is 9.80. The van der Waals surface area contributed by atoms with Gasteiger partial charge in [-0.3, -0.25) is 9.69 Å². The molecule has 0 saturated carbocycles. The van der Waals surface area contributed by atoms with E-state index in [1.807, 2.05) is 18.9 Å². The topological polar surface area (TPSA) is 57.7 Å². The lowest BCUT2D eigenvalue weighted by atomic mass is 9.99. The van der Waals surface area contributed by atoms with Crippen LogP contribution in [0.5, 0.6) is 0 Å². The molecule has 0 aliphatic carbocycles. The number of aryl methyl sites for hydroxylation is 1. The first-order valence-corrected chi connectivity index (χ1v) is 9.18. The zero-order valence-corrected chi connectivity index (χ0v) is 15.0. The molecule has 1 aromatic heterocycles. The molecule has 0 spiro atoms. The fourth-order valence-corrected chi connectivity index (χ4v) is 4.43. The second kappa shape index (κ2) is 7.15. The van der Waals surface area contributed by atoms with Crippen LogP contribution in [0.15, 0.2) is 0 Å². The number of anilines is 1. The number of morpholine rings is 1. The van der Waals surface area contributed by atoms with Crippen LogP contribution in [0.4, 0.5) is 5.00 Å². The van der Waals surface area contributed by atoms with Crippen LogP contribution in [0.1, 0.15) is 29.4 Å². The van der Waals surface area contributed by atoms with Crippen LogP contribution < -0.4 is 5.32 Å². The number of rotatable bonds is 4. The largest absolute Gasteiger partial charge is 0.379 e. The quantitative estimate of drug-likeness (QED) is 0.905. The number of carbonyl (C=O) groups is 1. The molecule has 128 valence electrons. The number of hydrogen-bond donors (Lipinski definition) is 1. The second-order valence-corrected chi connectivity index (χ2v) is 7.09. The summed E-state index contributed by atoms with van der Waals surface area (Å²) in [5, 5.41) is 3.97. The summed E-state index contributed by atoms with van der Waals surface area (Å²) >= 11 is 1.36. The van der Waals surface area contributed by atoms with E-state index in [4.69, 9.17) is 4.74 Å². The van der Waals surface area contributed by atoms with Crippen molar-refractivity contribution in [2.24, 2.45) is 5.92 Å². The van der Waals surface area contributed by atoms with E-state index in [1.54, 1.807) is 0 Å². The molecule has 1 amide bonds. The number of carbonyl (C=O) groups excluding carboxylic acids is 1. The minimum atomic E-state index is 0.120. The summed E-state index contributed by atoms with van der Waals surface area (Å²) in [5.74, 6) is 0.664. The molecule has 0 aromatic carbocycles. The first-order valence-electron chi connectivity index (χ1n) is 8.40. The summed E-state index contributed by atoms with van der Waals surface area (Å²) in [6.45, 7) is 9.36. The van der Waals surface area contributed by atoms with Gasteiger partial charge in [0.05, 0.1) is 24.5 Å². The van der Waals surface area contributed by atoms with Gasteiger partial charge in [0.2, 0.25) is 0 Å². The number of hydrogen-bond acceptors (Lipinski definition) is 6. The van der Waals surface area contributed by atoms with Gasteiger partial charge in [-0.25, -0.2) is 0 Å². The van der Waals surface area contributed by atoms with E-state index in [9.17, 15) is 4.79 Å². The van der Waals surface area contributed by atoms with Crippen molar-refractivity contribution < 1.29 is 9.53 Å². The Morgan fingerprint density at radius 2 is 2.13 bits per heavy atom. The van der Waals surface area contributed by atoms with Crippen molar-refractivity contribution in [1.29, 1.82) is 0 Å². The highest BCUT2D eigenvalue weighted by Gasteiger charge is 2.39. The standard InChI is InChI=1S/C16H26N4O2S/c1-4-12-9-20(10-13(12)19-5-7-22-8-6-19)16(21)14-11(2)18-23-15(14)17-3/h12-13,17H,4-10H2,1-3H3. The molecule has 2 aliphatic rings. The fourth-order valence-electron chi connectivity index (χ4n) is 3.69. The molecular formula is C16H26N4O2S. The number of ether oxygens (including phenoxy) is 1. The molecule has 6 nitrogen and oxygen atoms in total. The number of nitrogens with one attached hydrogen (secondary N) is 1. The van der Waals surface area contributed by atoms with Crippen molar-refractivity contribution in [3.05, 3.63) is 11.3 Å². The molecular weight excluding hydrogens is 312 g/mol. The Kier molecular flexibility index (Phi) is 5.18. The molecule has 1 N–H and O–H groups in total. The molecule has 0 bridgehead atoms. The summed E-state index contributed by atoms with van der Waals surface area (Å²) in [5.41, 5.74) is 1.57. The van der Waals surface area contributed by atoms with Gasteiger partial charge in [0.25, 0.3) is 5.91 Å². The molecule has 2 saturated heterocycles. The van der Waals surface area contributed by atoms with Crippen LogP contribution in [-0.2, 0) is 4.74 Å². The predicted octanol–water partition coefficient (Wildman–Crippen LogP) is 1.68. The van der Waals surface area contributed by atoms with E-state index in [2.05, 4.69) is 21.5 Å².